The van der Waals surface area contributed by atoms with Gasteiger partial charge in [0.1, 0.15) is 0 Å². The normalized spacial score (nSPS) is 11.2. The lowest BCUT2D eigenvalue weighted by Gasteiger charge is -2.06. The fraction of sp³-hybridized carbons (Fsp3) is 0. The summed E-state index contributed by atoms with van der Waals surface area (Å²) in [6, 6.07) is 23.0. The van der Waals surface area contributed by atoms with Gasteiger partial charge in [0.2, 0.25) is 16.6 Å². The van der Waals surface area contributed by atoms with Crippen molar-refractivity contribution in [3.63, 3.8) is 0 Å². The third-order valence-corrected chi connectivity index (χ3v) is 3.75. The van der Waals surface area contributed by atoms with Crippen molar-refractivity contribution in [3.8, 4) is 0 Å². The lowest BCUT2D eigenvalue weighted by molar-refractivity contribution is -0.450. The fourth-order valence-corrected chi connectivity index (χ4v) is 2.84. The smallest absolute Gasteiger partial charge is 0.221 e. The summed E-state index contributed by atoms with van der Waals surface area (Å²) in [5, 5.41) is 2.34. The number of hydrogen-bond donors (Lipinski definition) is 2. The van der Waals surface area contributed by atoms with E-state index in [9.17, 15) is 0 Å². The Balaban J connectivity index is 2.34. The van der Waals surface area contributed by atoms with Crippen LogP contribution in [-0.4, -0.2) is 0 Å². The summed E-state index contributed by atoms with van der Waals surface area (Å²) in [4.78, 5) is 0. The molecule has 2 aromatic heterocycles. The average molecular weight is 260 g/mol. The van der Waals surface area contributed by atoms with Crippen LogP contribution >= 0.6 is 0 Å². The van der Waals surface area contributed by atoms with Crippen LogP contribution in [0.15, 0.2) is 66.7 Å². The number of pyridine rings is 2. The van der Waals surface area contributed by atoms with Gasteiger partial charge in [0, 0.05) is 29.7 Å². The zero-order valence-corrected chi connectivity index (χ0v) is 10.9. The Morgan fingerprint density at radius 2 is 1.55 bits per heavy atom. The lowest BCUT2D eigenvalue weighted by atomic mass is 10.1. The van der Waals surface area contributed by atoms with E-state index < -0.39 is 0 Å². The Hall–Kier alpha value is -2.65. The molecular weight excluding hydrogens is 246 g/mol. The molecule has 3 N–H and O–H groups in total. The third-order valence-electron chi connectivity index (χ3n) is 3.75. The molecule has 2 heterocycles. The van der Waals surface area contributed by atoms with Crippen molar-refractivity contribution < 1.29 is 4.40 Å². The number of fused-ring (bicyclic) bond motifs is 5. The summed E-state index contributed by atoms with van der Waals surface area (Å²) >= 11 is 0. The van der Waals surface area contributed by atoms with Crippen LogP contribution in [0.5, 0.6) is 0 Å². The largest absolute Gasteiger partial charge is 0.323 e. The number of nitrogen functional groups attached to an aromatic ring is 1. The number of nitrogens with zero attached hydrogens (tertiary/aromatic N) is 1. The van der Waals surface area contributed by atoms with E-state index in [2.05, 4.69) is 70.5 Å². The molecule has 2 aromatic carbocycles. The number of benzene rings is 2. The van der Waals surface area contributed by atoms with Gasteiger partial charge in [0.05, 0.1) is 11.1 Å². The second-order valence-corrected chi connectivity index (χ2v) is 4.87. The SMILES string of the molecule is NNc1cc2ccc3ccccc3[n+]2c2ccccc12. The van der Waals surface area contributed by atoms with Crippen LogP contribution < -0.4 is 15.7 Å². The monoisotopic (exact) mass is 260 g/mol. The summed E-state index contributed by atoms with van der Waals surface area (Å²) in [5.41, 5.74) is 7.20. The Morgan fingerprint density at radius 3 is 2.40 bits per heavy atom. The summed E-state index contributed by atoms with van der Waals surface area (Å²) in [6.07, 6.45) is 0. The molecule has 0 atom stereocenters. The summed E-state index contributed by atoms with van der Waals surface area (Å²) < 4.78 is 2.27. The molecule has 0 radical (unpaired) electrons. The van der Waals surface area contributed by atoms with Gasteiger partial charge < -0.3 is 5.43 Å². The number of hydrazine groups is 1. The molecule has 4 rings (SSSR count). The van der Waals surface area contributed by atoms with E-state index in [0.29, 0.717) is 0 Å². The van der Waals surface area contributed by atoms with E-state index in [1.807, 2.05) is 6.07 Å². The van der Waals surface area contributed by atoms with Gasteiger partial charge in [-0.1, -0.05) is 24.3 Å². The molecule has 0 amide bonds. The lowest BCUT2D eigenvalue weighted by Crippen LogP contribution is -2.25. The maximum absolute atomic E-state index is 5.66. The van der Waals surface area contributed by atoms with Crippen molar-refractivity contribution in [1.29, 1.82) is 0 Å². The predicted octanol–water partition coefficient (Wildman–Crippen LogP) is 3.02. The fourth-order valence-electron chi connectivity index (χ4n) is 2.84. The molecule has 0 aliphatic carbocycles. The zero-order chi connectivity index (χ0) is 13.5. The van der Waals surface area contributed by atoms with Gasteiger partial charge in [-0.15, -0.1) is 0 Å². The Morgan fingerprint density at radius 1 is 0.800 bits per heavy atom. The minimum absolute atomic E-state index is 0.941. The van der Waals surface area contributed by atoms with Crippen molar-refractivity contribution in [2.24, 2.45) is 5.84 Å². The maximum Gasteiger partial charge on any atom is 0.221 e. The summed E-state index contributed by atoms with van der Waals surface area (Å²) in [7, 11) is 0. The van der Waals surface area contributed by atoms with Crippen LogP contribution in [0.2, 0.25) is 0 Å². The number of hydrogen-bond acceptors (Lipinski definition) is 2. The van der Waals surface area contributed by atoms with Crippen molar-refractivity contribution >= 4 is 33.0 Å². The molecule has 96 valence electrons. The van der Waals surface area contributed by atoms with E-state index in [1.54, 1.807) is 0 Å². The molecular formula is C17H14N3+. The highest BCUT2D eigenvalue weighted by atomic mass is 15.2. The van der Waals surface area contributed by atoms with Crippen molar-refractivity contribution in [1.82, 2.24) is 0 Å². The van der Waals surface area contributed by atoms with Crippen LogP contribution in [0.4, 0.5) is 5.69 Å². The zero-order valence-electron chi connectivity index (χ0n) is 10.9. The molecule has 0 aliphatic rings. The Kier molecular flexibility index (Phi) is 2.34. The molecule has 0 saturated heterocycles. The molecule has 0 aliphatic heterocycles. The average Bonchev–Trinajstić information content (AvgIpc) is 2.53. The number of para-hydroxylation sites is 2. The quantitative estimate of drug-likeness (QED) is 0.239. The Labute approximate surface area is 116 Å². The van der Waals surface area contributed by atoms with E-state index in [-0.39, 0.29) is 0 Å². The third kappa shape index (κ3) is 1.47. The van der Waals surface area contributed by atoms with Gasteiger partial charge in [-0.25, -0.2) is 0 Å². The minimum atomic E-state index is 0.941. The number of nitrogens with two attached hydrogens (primary N) is 1. The topological polar surface area (TPSA) is 42.1 Å². The van der Waals surface area contributed by atoms with Crippen LogP contribution in [0.25, 0.3) is 27.3 Å². The van der Waals surface area contributed by atoms with Crippen LogP contribution in [0.1, 0.15) is 0 Å². The van der Waals surface area contributed by atoms with Gasteiger partial charge in [0.15, 0.2) is 0 Å². The van der Waals surface area contributed by atoms with Gasteiger partial charge >= 0.3 is 0 Å². The highest BCUT2D eigenvalue weighted by molar-refractivity contribution is 5.92. The van der Waals surface area contributed by atoms with E-state index in [0.717, 1.165) is 22.1 Å². The second kappa shape index (κ2) is 4.18. The van der Waals surface area contributed by atoms with Gasteiger partial charge in [0.25, 0.3) is 0 Å². The van der Waals surface area contributed by atoms with Crippen molar-refractivity contribution in [3.05, 3.63) is 66.7 Å². The maximum atomic E-state index is 5.66. The number of anilines is 1. The van der Waals surface area contributed by atoms with Crippen LogP contribution in [0.3, 0.4) is 0 Å². The number of nitrogens with one attached hydrogen (secondary N) is 1. The first kappa shape index (κ1) is 11.2. The molecule has 0 unspecified atom stereocenters. The Bertz CT molecular complexity index is 944. The van der Waals surface area contributed by atoms with E-state index in [4.69, 9.17) is 5.84 Å². The standard InChI is InChI=1S/C17H13N3/c18-19-15-11-13-10-9-12-5-1-3-7-16(12)20(13)17-8-4-2-6-14(15)17/h1-11H,18H2/p+1. The molecule has 0 spiro atoms. The first-order valence-corrected chi connectivity index (χ1v) is 6.60. The van der Waals surface area contributed by atoms with Gasteiger partial charge in [-0.3, -0.25) is 5.84 Å². The predicted molar refractivity (Wildman–Crippen MR) is 82.4 cm³/mol. The highest BCUT2D eigenvalue weighted by Gasteiger charge is 2.15. The molecule has 3 nitrogen and oxygen atoms in total. The van der Waals surface area contributed by atoms with Crippen LogP contribution in [-0.2, 0) is 0 Å². The molecule has 0 fully saturated rings. The molecule has 4 aromatic rings. The summed E-state index contributed by atoms with van der Waals surface area (Å²) in [6.45, 7) is 0. The minimum Gasteiger partial charge on any atom is -0.323 e. The summed E-state index contributed by atoms with van der Waals surface area (Å²) in [5.74, 6) is 5.66. The molecule has 20 heavy (non-hydrogen) atoms. The molecule has 0 bridgehead atoms. The number of aromatic nitrogens is 1. The van der Waals surface area contributed by atoms with Gasteiger partial charge in [-0.05, 0) is 18.2 Å². The second-order valence-electron chi connectivity index (χ2n) is 4.87. The van der Waals surface area contributed by atoms with Gasteiger partial charge in [-0.2, -0.15) is 4.40 Å². The van der Waals surface area contributed by atoms with E-state index >= 15 is 0 Å². The first-order chi connectivity index (χ1) is 9.88. The molecule has 3 heteroatoms. The van der Waals surface area contributed by atoms with Crippen LogP contribution in [0, 0.1) is 0 Å². The van der Waals surface area contributed by atoms with Crippen molar-refractivity contribution in [2.75, 3.05) is 5.43 Å². The first-order valence-electron chi connectivity index (χ1n) is 6.60. The highest BCUT2D eigenvalue weighted by Crippen LogP contribution is 2.23. The van der Waals surface area contributed by atoms with Crippen molar-refractivity contribution in [2.45, 2.75) is 0 Å². The number of rotatable bonds is 1. The molecule has 0 saturated carbocycles. The van der Waals surface area contributed by atoms with E-state index in [1.165, 1.54) is 10.9 Å².